The number of aryl methyl sites for hydroxylation is 2. The smallest absolute Gasteiger partial charge is 0.258 e. The van der Waals surface area contributed by atoms with Gasteiger partial charge in [0.1, 0.15) is 10.7 Å². The van der Waals surface area contributed by atoms with Crippen molar-refractivity contribution in [3.63, 3.8) is 0 Å². The second-order valence-electron chi connectivity index (χ2n) is 5.88. The molecule has 7 heteroatoms. The molecule has 1 amide bonds. The number of primary sulfonamides is 1. The summed E-state index contributed by atoms with van der Waals surface area (Å²) >= 11 is 0. The number of benzene rings is 2. The van der Waals surface area contributed by atoms with Gasteiger partial charge in [-0.1, -0.05) is 17.7 Å². The van der Waals surface area contributed by atoms with Crippen LogP contribution in [-0.2, 0) is 16.4 Å². The molecule has 2 aromatic rings. The molecule has 0 saturated carbocycles. The van der Waals surface area contributed by atoms with Crippen LogP contribution in [0.4, 0.5) is 10.1 Å². The van der Waals surface area contributed by atoms with Crippen LogP contribution in [0.5, 0.6) is 0 Å². The van der Waals surface area contributed by atoms with Gasteiger partial charge in [-0.05, 0) is 49.6 Å². The normalized spacial score (nSPS) is 14.4. The van der Waals surface area contributed by atoms with Gasteiger partial charge in [0, 0.05) is 17.8 Å². The molecule has 2 aromatic carbocycles. The summed E-state index contributed by atoms with van der Waals surface area (Å²) in [5, 5.41) is 4.94. The van der Waals surface area contributed by atoms with Crippen LogP contribution in [0, 0.1) is 12.7 Å². The Bertz CT molecular complexity index is 925. The van der Waals surface area contributed by atoms with E-state index < -0.39 is 20.7 Å². The lowest BCUT2D eigenvalue weighted by atomic mass is 9.99. The number of anilines is 1. The fourth-order valence-corrected chi connectivity index (χ4v) is 3.55. The zero-order valence-corrected chi connectivity index (χ0v) is 13.9. The minimum atomic E-state index is -4.15. The number of nitrogens with two attached hydrogens (primary N) is 1. The number of nitrogens with zero attached hydrogens (tertiary/aromatic N) is 1. The predicted octanol–water partition coefficient (Wildman–Crippen LogP) is 2.37. The van der Waals surface area contributed by atoms with E-state index in [1.165, 1.54) is 6.07 Å². The highest BCUT2D eigenvalue weighted by Gasteiger charge is 2.25. The van der Waals surface area contributed by atoms with E-state index in [1.54, 1.807) is 4.90 Å². The molecule has 0 aliphatic carbocycles. The largest absolute Gasteiger partial charge is 0.308 e. The predicted molar refractivity (Wildman–Crippen MR) is 88.9 cm³/mol. The standard InChI is InChI=1S/C17H17FN2O3S/c1-11-4-6-15-12(9-11)3-2-8-20(15)17(21)13-5-7-16(14(18)10-13)24(19,22)23/h4-7,9-10H,2-3,8H2,1H3,(H2,19,22,23). The summed E-state index contributed by atoms with van der Waals surface area (Å²) in [5.41, 5.74) is 3.10. The van der Waals surface area contributed by atoms with E-state index in [0.29, 0.717) is 6.54 Å². The lowest BCUT2D eigenvalue weighted by molar-refractivity contribution is 0.0984. The van der Waals surface area contributed by atoms with Crippen LogP contribution >= 0.6 is 0 Å². The van der Waals surface area contributed by atoms with Crippen LogP contribution in [0.15, 0.2) is 41.3 Å². The molecule has 0 atom stereocenters. The molecule has 1 heterocycles. The summed E-state index contributed by atoms with van der Waals surface area (Å²) in [6, 6.07) is 9.08. The molecule has 0 aromatic heterocycles. The molecule has 126 valence electrons. The number of carbonyl (C=O) groups is 1. The third-order valence-corrected chi connectivity index (χ3v) is 5.03. The quantitative estimate of drug-likeness (QED) is 0.905. The van der Waals surface area contributed by atoms with E-state index in [4.69, 9.17) is 5.14 Å². The van der Waals surface area contributed by atoms with Crippen molar-refractivity contribution in [2.24, 2.45) is 5.14 Å². The van der Waals surface area contributed by atoms with Gasteiger partial charge < -0.3 is 4.90 Å². The number of hydrogen-bond acceptors (Lipinski definition) is 3. The molecule has 24 heavy (non-hydrogen) atoms. The molecule has 3 rings (SSSR count). The monoisotopic (exact) mass is 348 g/mol. The SMILES string of the molecule is Cc1ccc2c(c1)CCCN2C(=O)c1ccc(S(N)(=O)=O)c(F)c1. The summed E-state index contributed by atoms with van der Waals surface area (Å²) < 4.78 is 36.5. The van der Waals surface area contributed by atoms with E-state index >= 15 is 0 Å². The van der Waals surface area contributed by atoms with Crippen molar-refractivity contribution in [2.75, 3.05) is 11.4 Å². The highest BCUT2D eigenvalue weighted by molar-refractivity contribution is 7.89. The first-order valence-corrected chi connectivity index (χ1v) is 9.06. The molecular formula is C17H17FN2O3S. The van der Waals surface area contributed by atoms with Crippen molar-refractivity contribution in [1.29, 1.82) is 0 Å². The van der Waals surface area contributed by atoms with Gasteiger partial charge in [-0.3, -0.25) is 4.79 Å². The maximum atomic E-state index is 14.0. The van der Waals surface area contributed by atoms with Gasteiger partial charge in [-0.15, -0.1) is 0 Å². The Hall–Kier alpha value is -2.25. The Morgan fingerprint density at radius 3 is 2.62 bits per heavy atom. The lowest BCUT2D eigenvalue weighted by Crippen LogP contribution is -2.35. The summed E-state index contributed by atoms with van der Waals surface area (Å²) in [6.45, 7) is 2.52. The van der Waals surface area contributed by atoms with Crippen molar-refractivity contribution in [1.82, 2.24) is 0 Å². The molecule has 1 aliphatic rings. The lowest BCUT2D eigenvalue weighted by Gasteiger charge is -2.30. The second-order valence-corrected chi connectivity index (χ2v) is 7.41. The van der Waals surface area contributed by atoms with E-state index in [0.717, 1.165) is 41.8 Å². The number of amides is 1. The van der Waals surface area contributed by atoms with Gasteiger partial charge in [0.15, 0.2) is 0 Å². The van der Waals surface area contributed by atoms with Crippen LogP contribution in [0.25, 0.3) is 0 Å². The maximum absolute atomic E-state index is 14.0. The number of halogens is 1. The fourth-order valence-electron chi connectivity index (χ4n) is 2.96. The molecule has 0 fully saturated rings. The van der Waals surface area contributed by atoms with Gasteiger partial charge in [-0.2, -0.15) is 0 Å². The highest BCUT2D eigenvalue weighted by atomic mass is 32.2. The molecule has 0 spiro atoms. The number of carbonyl (C=O) groups excluding carboxylic acids is 1. The first kappa shape index (κ1) is 16.6. The minimum absolute atomic E-state index is 0.0910. The van der Waals surface area contributed by atoms with Crippen LogP contribution in [0.3, 0.4) is 0 Å². The molecule has 0 saturated heterocycles. The molecule has 1 aliphatic heterocycles. The fraction of sp³-hybridized carbons (Fsp3) is 0.235. The topological polar surface area (TPSA) is 80.5 Å². The summed E-state index contributed by atoms with van der Waals surface area (Å²) in [7, 11) is -4.15. The first-order valence-electron chi connectivity index (χ1n) is 7.51. The van der Waals surface area contributed by atoms with Crippen molar-refractivity contribution in [3.8, 4) is 0 Å². The maximum Gasteiger partial charge on any atom is 0.258 e. The molecular weight excluding hydrogens is 331 g/mol. The molecule has 0 unspecified atom stereocenters. The van der Waals surface area contributed by atoms with Crippen LogP contribution in [0.1, 0.15) is 27.9 Å². The van der Waals surface area contributed by atoms with Crippen molar-refractivity contribution in [2.45, 2.75) is 24.7 Å². The number of sulfonamides is 1. The zero-order valence-electron chi connectivity index (χ0n) is 13.1. The highest BCUT2D eigenvalue weighted by Crippen LogP contribution is 2.29. The van der Waals surface area contributed by atoms with Gasteiger partial charge in [0.2, 0.25) is 10.0 Å². The Kier molecular flexibility index (Phi) is 4.15. The van der Waals surface area contributed by atoms with E-state index in [-0.39, 0.29) is 11.5 Å². The zero-order chi connectivity index (χ0) is 17.5. The van der Waals surface area contributed by atoms with Crippen molar-refractivity contribution >= 4 is 21.6 Å². The van der Waals surface area contributed by atoms with Gasteiger partial charge >= 0.3 is 0 Å². The Labute approximate surface area is 139 Å². The first-order chi connectivity index (χ1) is 11.3. The van der Waals surface area contributed by atoms with Gasteiger partial charge in [0.05, 0.1) is 0 Å². The van der Waals surface area contributed by atoms with Crippen molar-refractivity contribution in [3.05, 3.63) is 58.9 Å². The van der Waals surface area contributed by atoms with E-state index in [2.05, 4.69) is 0 Å². The Morgan fingerprint density at radius 2 is 1.96 bits per heavy atom. The van der Waals surface area contributed by atoms with Crippen LogP contribution in [0.2, 0.25) is 0 Å². The average molecular weight is 348 g/mol. The average Bonchev–Trinajstić information content (AvgIpc) is 2.52. The Morgan fingerprint density at radius 1 is 1.21 bits per heavy atom. The second kappa shape index (κ2) is 5.99. The Balaban J connectivity index is 1.98. The van der Waals surface area contributed by atoms with Crippen LogP contribution in [-0.4, -0.2) is 20.9 Å². The number of fused-ring (bicyclic) bond motifs is 1. The molecule has 0 bridgehead atoms. The third kappa shape index (κ3) is 3.05. The molecule has 5 nitrogen and oxygen atoms in total. The molecule has 2 N–H and O–H groups in total. The van der Waals surface area contributed by atoms with Crippen molar-refractivity contribution < 1.29 is 17.6 Å². The van der Waals surface area contributed by atoms with E-state index in [9.17, 15) is 17.6 Å². The number of hydrogen-bond donors (Lipinski definition) is 1. The molecule has 0 radical (unpaired) electrons. The summed E-state index contributed by atoms with van der Waals surface area (Å²) in [4.78, 5) is 13.7. The van der Waals surface area contributed by atoms with E-state index in [1.807, 2.05) is 25.1 Å². The minimum Gasteiger partial charge on any atom is -0.308 e. The van der Waals surface area contributed by atoms with Crippen LogP contribution < -0.4 is 10.0 Å². The number of rotatable bonds is 2. The summed E-state index contributed by atoms with van der Waals surface area (Å²) in [6.07, 6.45) is 1.71. The summed E-state index contributed by atoms with van der Waals surface area (Å²) in [5.74, 6) is -1.39. The van der Waals surface area contributed by atoms with Gasteiger partial charge in [0.25, 0.3) is 5.91 Å². The van der Waals surface area contributed by atoms with Gasteiger partial charge in [-0.25, -0.2) is 17.9 Å². The third-order valence-electron chi connectivity index (χ3n) is 4.08.